The average molecular weight is 369 g/mol. The Morgan fingerprint density at radius 1 is 0.846 bits per heavy atom. The van der Waals surface area contributed by atoms with Gasteiger partial charge in [-0.1, -0.05) is 42.5 Å². The van der Waals surface area contributed by atoms with E-state index in [-0.39, 0.29) is 10.7 Å². The van der Waals surface area contributed by atoms with Crippen LogP contribution in [0.3, 0.4) is 0 Å². The first-order valence-corrected chi connectivity index (χ1v) is 8.87. The molecule has 0 saturated heterocycles. The first-order valence-electron chi connectivity index (χ1n) is 7.82. The van der Waals surface area contributed by atoms with Crippen LogP contribution < -0.4 is 5.01 Å². The second kappa shape index (κ2) is 6.68. The number of imidazole rings is 1. The Kier molecular flexibility index (Phi) is 4.22. The SMILES string of the molecule is O=S(F)c1nc2c(F)cccc2n1N(c1ccccc1)c1ccccc1. The summed E-state index contributed by atoms with van der Waals surface area (Å²) in [6.45, 7) is 0. The zero-order valence-electron chi connectivity index (χ0n) is 13.4. The van der Waals surface area contributed by atoms with Gasteiger partial charge in [0.05, 0.1) is 16.9 Å². The topological polar surface area (TPSA) is 38.1 Å². The molecule has 0 amide bonds. The fourth-order valence-electron chi connectivity index (χ4n) is 2.85. The first kappa shape index (κ1) is 16.4. The van der Waals surface area contributed by atoms with Gasteiger partial charge < -0.3 is 0 Å². The minimum Gasteiger partial charge on any atom is -0.247 e. The van der Waals surface area contributed by atoms with E-state index in [1.807, 2.05) is 60.7 Å². The predicted octanol–water partition coefficient (Wildman–Crippen LogP) is 4.77. The lowest BCUT2D eigenvalue weighted by Crippen LogP contribution is -2.26. The van der Waals surface area contributed by atoms with Crippen molar-refractivity contribution in [2.24, 2.45) is 0 Å². The zero-order valence-corrected chi connectivity index (χ0v) is 14.2. The predicted molar refractivity (Wildman–Crippen MR) is 97.6 cm³/mol. The molecule has 0 spiro atoms. The van der Waals surface area contributed by atoms with Gasteiger partial charge in [0.15, 0.2) is 5.82 Å². The Balaban J connectivity index is 2.08. The molecule has 130 valence electrons. The first-order chi connectivity index (χ1) is 12.7. The maximum atomic E-state index is 14.2. The van der Waals surface area contributed by atoms with E-state index < -0.39 is 17.0 Å². The highest BCUT2D eigenvalue weighted by Gasteiger charge is 2.24. The molecule has 1 unspecified atom stereocenters. The van der Waals surface area contributed by atoms with Gasteiger partial charge >= 0.3 is 0 Å². The minimum absolute atomic E-state index is 0.0367. The molecule has 3 aromatic carbocycles. The molecule has 26 heavy (non-hydrogen) atoms. The number of hydrogen-bond acceptors (Lipinski definition) is 3. The molecule has 1 heterocycles. The number of fused-ring (bicyclic) bond motifs is 1. The number of anilines is 2. The summed E-state index contributed by atoms with van der Waals surface area (Å²) in [5.41, 5.74) is 1.66. The van der Waals surface area contributed by atoms with Gasteiger partial charge in [-0.2, -0.15) is 0 Å². The van der Waals surface area contributed by atoms with E-state index in [2.05, 4.69) is 4.98 Å². The van der Waals surface area contributed by atoms with Gasteiger partial charge in [0.25, 0.3) is 16.3 Å². The van der Waals surface area contributed by atoms with E-state index in [4.69, 9.17) is 0 Å². The van der Waals surface area contributed by atoms with Crippen LogP contribution >= 0.6 is 0 Å². The van der Waals surface area contributed by atoms with Gasteiger partial charge in [-0.15, -0.1) is 3.89 Å². The molecule has 0 saturated carbocycles. The Morgan fingerprint density at radius 3 is 1.96 bits per heavy atom. The smallest absolute Gasteiger partial charge is 0.247 e. The van der Waals surface area contributed by atoms with Crippen LogP contribution in [0.2, 0.25) is 0 Å². The highest BCUT2D eigenvalue weighted by molar-refractivity contribution is 7.79. The van der Waals surface area contributed by atoms with E-state index in [0.717, 1.165) is 0 Å². The average Bonchev–Trinajstić information content (AvgIpc) is 3.05. The van der Waals surface area contributed by atoms with Crippen LogP contribution in [0.5, 0.6) is 0 Å². The number of aromatic nitrogens is 2. The maximum Gasteiger partial charge on any atom is 0.269 e. The fourth-order valence-corrected chi connectivity index (χ4v) is 3.33. The standard InChI is InChI=1S/C19H13F2N3OS/c20-16-12-7-13-17-18(16)22-19(26(21)25)24(17)23(14-8-3-1-4-9-14)15-10-5-2-6-11-15/h1-13H. The van der Waals surface area contributed by atoms with E-state index in [1.165, 1.54) is 16.8 Å². The van der Waals surface area contributed by atoms with Crippen LogP contribution in [0.15, 0.2) is 84.0 Å². The molecule has 0 N–H and O–H groups in total. The molecular formula is C19H13F2N3OS. The summed E-state index contributed by atoms with van der Waals surface area (Å²) in [5, 5.41) is 1.28. The molecule has 4 rings (SSSR count). The molecule has 0 radical (unpaired) electrons. The van der Waals surface area contributed by atoms with E-state index >= 15 is 0 Å². The lowest BCUT2D eigenvalue weighted by atomic mass is 10.2. The Hall–Kier alpha value is -3.06. The summed E-state index contributed by atoms with van der Waals surface area (Å²) in [4.78, 5) is 3.95. The van der Waals surface area contributed by atoms with Crippen molar-refractivity contribution in [2.45, 2.75) is 5.16 Å². The number of halogens is 2. The molecule has 0 bridgehead atoms. The van der Waals surface area contributed by atoms with Crippen LogP contribution in [0.25, 0.3) is 11.0 Å². The minimum atomic E-state index is -2.91. The Morgan fingerprint density at radius 2 is 1.42 bits per heavy atom. The molecule has 0 aliphatic heterocycles. The van der Waals surface area contributed by atoms with Crippen molar-refractivity contribution < 1.29 is 12.5 Å². The van der Waals surface area contributed by atoms with Crippen LogP contribution in [-0.2, 0) is 11.2 Å². The highest BCUT2D eigenvalue weighted by Crippen LogP contribution is 2.31. The summed E-state index contributed by atoms with van der Waals surface area (Å²) in [5.74, 6) is -0.603. The van der Waals surface area contributed by atoms with Gasteiger partial charge in [0.1, 0.15) is 5.52 Å². The van der Waals surface area contributed by atoms with Crippen LogP contribution in [0, 0.1) is 5.82 Å². The van der Waals surface area contributed by atoms with E-state index in [1.54, 1.807) is 11.1 Å². The second-order valence-corrected chi connectivity index (χ2v) is 6.33. The van der Waals surface area contributed by atoms with E-state index in [0.29, 0.717) is 16.9 Å². The normalized spacial score (nSPS) is 12.2. The lowest BCUT2D eigenvalue weighted by Gasteiger charge is -2.27. The summed E-state index contributed by atoms with van der Waals surface area (Å²) in [6.07, 6.45) is 0. The number of benzene rings is 3. The monoisotopic (exact) mass is 369 g/mol. The molecule has 4 nitrogen and oxygen atoms in total. The zero-order chi connectivity index (χ0) is 18.1. The Bertz CT molecular complexity index is 1040. The second-order valence-electron chi connectivity index (χ2n) is 5.52. The molecule has 0 fully saturated rings. The van der Waals surface area contributed by atoms with Gasteiger partial charge in [-0.05, 0) is 36.4 Å². The summed E-state index contributed by atoms with van der Waals surface area (Å²) in [6, 6.07) is 22.7. The van der Waals surface area contributed by atoms with Gasteiger partial charge in [0.2, 0.25) is 0 Å². The molecule has 1 aromatic heterocycles. The van der Waals surface area contributed by atoms with Gasteiger partial charge in [-0.3, -0.25) is 0 Å². The van der Waals surface area contributed by atoms with Crippen molar-refractivity contribution >= 4 is 33.6 Å². The molecular weight excluding hydrogens is 356 g/mol. The van der Waals surface area contributed by atoms with E-state index in [9.17, 15) is 12.5 Å². The third kappa shape index (κ3) is 2.76. The van der Waals surface area contributed by atoms with Crippen LogP contribution in [-0.4, -0.2) is 13.9 Å². The largest absolute Gasteiger partial charge is 0.269 e. The highest BCUT2D eigenvalue weighted by atomic mass is 32.2. The van der Waals surface area contributed by atoms with Gasteiger partial charge in [-0.25, -0.2) is 23.3 Å². The third-order valence-electron chi connectivity index (χ3n) is 3.93. The summed E-state index contributed by atoms with van der Waals surface area (Å²) >= 11 is -2.91. The molecule has 0 aliphatic rings. The lowest BCUT2D eigenvalue weighted by molar-refractivity contribution is 0.622. The van der Waals surface area contributed by atoms with Crippen molar-refractivity contribution in [2.75, 3.05) is 5.01 Å². The van der Waals surface area contributed by atoms with Crippen molar-refractivity contribution in [3.05, 3.63) is 84.7 Å². The van der Waals surface area contributed by atoms with Crippen molar-refractivity contribution in [3.8, 4) is 0 Å². The summed E-state index contributed by atoms with van der Waals surface area (Å²) in [7, 11) is 0. The summed E-state index contributed by atoms with van der Waals surface area (Å²) < 4.78 is 41.2. The third-order valence-corrected chi connectivity index (χ3v) is 4.48. The quantitative estimate of drug-likeness (QED) is 0.487. The molecule has 7 heteroatoms. The van der Waals surface area contributed by atoms with Crippen LogP contribution in [0.1, 0.15) is 0 Å². The number of hydrogen-bond donors (Lipinski definition) is 0. The maximum absolute atomic E-state index is 14.2. The van der Waals surface area contributed by atoms with Crippen molar-refractivity contribution in [1.82, 2.24) is 9.66 Å². The molecule has 1 atom stereocenters. The van der Waals surface area contributed by atoms with Crippen molar-refractivity contribution in [3.63, 3.8) is 0 Å². The number of rotatable bonds is 4. The van der Waals surface area contributed by atoms with Crippen molar-refractivity contribution in [1.29, 1.82) is 0 Å². The van der Waals surface area contributed by atoms with Crippen LogP contribution in [0.4, 0.5) is 19.7 Å². The fraction of sp³-hybridized carbons (Fsp3) is 0. The number of nitrogens with zero attached hydrogens (tertiary/aromatic N) is 3. The molecule has 4 aromatic rings. The number of para-hydroxylation sites is 3. The Labute approximate surface area is 151 Å². The molecule has 0 aliphatic carbocycles. The van der Waals surface area contributed by atoms with Gasteiger partial charge in [0, 0.05) is 0 Å².